The zero-order chi connectivity index (χ0) is 26.3. The second kappa shape index (κ2) is 13.2. The molecule has 0 radical (unpaired) electrons. The van der Waals surface area contributed by atoms with Crippen molar-refractivity contribution >= 4 is 0 Å². The first-order valence-corrected chi connectivity index (χ1v) is 14.4. The van der Waals surface area contributed by atoms with E-state index in [1.54, 1.807) is 12.1 Å². The van der Waals surface area contributed by atoms with Crippen LogP contribution < -0.4 is 4.74 Å². The second-order valence-corrected chi connectivity index (χ2v) is 11.7. The van der Waals surface area contributed by atoms with E-state index in [9.17, 15) is 17.6 Å². The van der Waals surface area contributed by atoms with Crippen molar-refractivity contribution in [3.8, 4) is 16.9 Å². The van der Waals surface area contributed by atoms with Crippen LogP contribution in [-0.4, -0.2) is 6.36 Å². The molecule has 0 bridgehead atoms. The van der Waals surface area contributed by atoms with Crippen LogP contribution in [0.3, 0.4) is 0 Å². The zero-order valence-electron chi connectivity index (χ0n) is 22.2. The highest BCUT2D eigenvalue weighted by Crippen LogP contribution is 2.36. The zero-order valence-corrected chi connectivity index (χ0v) is 22.2. The third kappa shape index (κ3) is 9.04. The molecule has 2 aromatic carbocycles. The molecule has 4 rings (SSSR count). The second-order valence-electron chi connectivity index (χ2n) is 11.7. The predicted molar refractivity (Wildman–Crippen MR) is 142 cm³/mol. The fourth-order valence-electron chi connectivity index (χ4n) is 6.45. The summed E-state index contributed by atoms with van der Waals surface area (Å²) in [6.45, 7) is 2.40. The molecule has 2 aromatic rings. The van der Waals surface area contributed by atoms with Gasteiger partial charge >= 0.3 is 6.36 Å². The summed E-state index contributed by atoms with van der Waals surface area (Å²) in [7, 11) is 0. The number of hydrogen-bond donors (Lipinski definition) is 0. The van der Waals surface area contributed by atoms with Crippen molar-refractivity contribution in [2.45, 2.75) is 103 Å². The van der Waals surface area contributed by atoms with Crippen molar-refractivity contribution in [1.29, 1.82) is 0 Å². The van der Waals surface area contributed by atoms with Crippen LogP contribution in [0.2, 0.25) is 0 Å². The van der Waals surface area contributed by atoms with Crippen molar-refractivity contribution in [1.82, 2.24) is 0 Å². The van der Waals surface area contributed by atoms with Gasteiger partial charge in [-0.05, 0) is 65.8 Å². The molecule has 0 N–H and O–H groups in total. The maximum Gasteiger partial charge on any atom is 0.573 e. The van der Waals surface area contributed by atoms with Gasteiger partial charge in [-0.2, -0.15) is 0 Å². The fraction of sp³-hybridized carbons (Fsp3) is 0.625. The lowest BCUT2D eigenvalue weighted by molar-refractivity contribution is -0.274. The topological polar surface area (TPSA) is 9.23 Å². The molecule has 0 amide bonds. The quantitative estimate of drug-likeness (QED) is 0.224. The van der Waals surface area contributed by atoms with Gasteiger partial charge in [-0.1, -0.05) is 108 Å². The molecule has 2 aliphatic carbocycles. The van der Waals surface area contributed by atoms with E-state index >= 15 is 0 Å². The Kier molecular flexibility index (Phi) is 9.95. The molecule has 2 saturated carbocycles. The summed E-state index contributed by atoms with van der Waals surface area (Å²) in [6, 6.07) is 10.6. The third-order valence-corrected chi connectivity index (χ3v) is 8.85. The van der Waals surface area contributed by atoms with Gasteiger partial charge in [0.25, 0.3) is 0 Å². The summed E-state index contributed by atoms with van der Waals surface area (Å²) >= 11 is 0. The maximum atomic E-state index is 14.8. The van der Waals surface area contributed by atoms with Gasteiger partial charge in [0.05, 0.1) is 0 Å². The van der Waals surface area contributed by atoms with E-state index in [0.717, 1.165) is 42.1 Å². The van der Waals surface area contributed by atoms with Gasteiger partial charge in [0.15, 0.2) is 0 Å². The molecular formula is C32H42F4O. The molecule has 2 aliphatic rings. The maximum absolute atomic E-state index is 14.8. The Hall–Kier alpha value is -2.04. The standard InChI is InChI=1S/C32H42F4O/c1-23-6-8-24(9-7-23)4-2-3-5-25-10-12-26(13-11-25)14-15-27-16-21-30(31(33)22-27)28-17-19-29(20-18-28)37-32(34,35)36/h16-26H,2-15H2,1H3. The molecule has 0 heterocycles. The molecule has 0 atom stereocenters. The molecule has 0 unspecified atom stereocenters. The Bertz CT molecular complexity index is 952. The molecule has 0 spiro atoms. The minimum Gasteiger partial charge on any atom is -0.406 e. The lowest BCUT2D eigenvalue weighted by Crippen LogP contribution is -2.16. The van der Waals surface area contributed by atoms with Crippen molar-refractivity contribution in [3.63, 3.8) is 0 Å². The van der Waals surface area contributed by atoms with E-state index in [1.165, 1.54) is 101 Å². The number of benzene rings is 2. The first kappa shape index (κ1) is 28.0. The minimum atomic E-state index is -4.74. The monoisotopic (exact) mass is 518 g/mol. The van der Waals surface area contributed by atoms with Gasteiger partial charge in [-0.3, -0.25) is 0 Å². The van der Waals surface area contributed by atoms with Gasteiger partial charge in [-0.25, -0.2) is 4.39 Å². The number of halogens is 4. The number of aryl methyl sites for hydroxylation is 1. The molecule has 0 aromatic heterocycles. The smallest absolute Gasteiger partial charge is 0.406 e. The van der Waals surface area contributed by atoms with Crippen LogP contribution in [0.25, 0.3) is 11.1 Å². The van der Waals surface area contributed by atoms with Crippen LogP contribution in [0.1, 0.15) is 96.0 Å². The lowest BCUT2D eigenvalue weighted by atomic mass is 9.77. The fourth-order valence-corrected chi connectivity index (χ4v) is 6.45. The SMILES string of the molecule is CC1CCC(CCCCC2CCC(CCc3ccc(-c4ccc(OC(F)(F)F)cc4)c(F)c3)CC2)CC1. The van der Waals surface area contributed by atoms with E-state index in [2.05, 4.69) is 11.7 Å². The van der Waals surface area contributed by atoms with Crippen molar-refractivity contribution in [2.75, 3.05) is 0 Å². The number of alkyl halides is 3. The molecular weight excluding hydrogens is 476 g/mol. The number of ether oxygens (including phenoxy) is 1. The Labute approximate surface area is 220 Å². The summed E-state index contributed by atoms with van der Waals surface area (Å²) in [4.78, 5) is 0. The van der Waals surface area contributed by atoms with Crippen LogP contribution in [0.15, 0.2) is 42.5 Å². The summed E-state index contributed by atoms with van der Waals surface area (Å²) in [5.74, 6) is 2.91. The summed E-state index contributed by atoms with van der Waals surface area (Å²) < 4.78 is 55.7. The van der Waals surface area contributed by atoms with Crippen LogP contribution in [0.4, 0.5) is 17.6 Å². The van der Waals surface area contributed by atoms with Gasteiger partial charge in [0, 0.05) is 5.56 Å². The van der Waals surface area contributed by atoms with E-state index in [0.29, 0.717) is 11.1 Å². The van der Waals surface area contributed by atoms with E-state index in [-0.39, 0.29) is 11.6 Å². The van der Waals surface area contributed by atoms with Crippen LogP contribution in [0.5, 0.6) is 5.75 Å². The minimum absolute atomic E-state index is 0.308. The predicted octanol–water partition coefficient (Wildman–Crippen LogP) is 10.5. The average Bonchev–Trinajstić information content (AvgIpc) is 2.87. The molecule has 5 heteroatoms. The Balaban J connectivity index is 1.15. The number of hydrogen-bond acceptors (Lipinski definition) is 1. The normalized spacial score (nSPS) is 24.7. The first-order chi connectivity index (χ1) is 17.7. The van der Waals surface area contributed by atoms with Crippen molar-refractivity contribution in [2.24, 2.45) is 23.7 Å². The Morgan fingerprint density at radius 3 is 1.81 bits per heavy atom. The first-order valence-electron chi connectivity index (χ1n) is 14.4. The van der Waals surface area contributed by atoms with E-state index in [4.69, 9.17) is 0 Å². The van der Waals surface area contributed by atoms with Crippen LogP contribution >= 0.6 is 0 Å². The highest BCUT2D eigenvalue weighted by atomic mass is 19.4. The summed E-state index contributed by atoms with van der Waals surface area (Å²) in [6.07, 6.45) is 13.9. The molecule has 0 saturated heterocycles. The summed E-state index contributed by atoms with van der Waals surface area (Å²) in [5, 5.41) is 0. The molecule has 204 valence electrons. The Morgan fingerprint density at radius 1 is 0.730 bits per heavy atom. The van der Waals surface area contributed by atoms with Gasteiger partial charge < -0.3 is 4.74 Å². The Morgan fingerprint density at radius 2 is 1.27 bits per heavy atom. The highest BCUT2D eigenvalue weighted by molar-refractivity contribution is 5.65. The third-order valence-electron chi connectivity index (χ3n) is 8.85. The molecule has 1 nitrogen and oxygen atoms in total. The number of unbranched alkanes of at least 4 members (excludes halogenated alkanes) is 1. The summed E-state index contributed by atoms with van der Waals surface area (Å²) in [5.41, 5.74) is 1.91. The highest BCUT2D eigenvalue weighted by Gasteiger charge is 2.31. The van der Waals surface area contributed by atoms with Crippen LogP contribution in [-0.2, 0) is 6.42 Å². The van der Waals surface area contributed by atoms with Gasteiger partial charge in [0.1, 0.15) is 11.6 Å². The number of rotatable bonds is 10. The lowest BCUT2D eigenvalue weighted by Gasteiger charge is -2.29. The van der Waals surface area contributed by atoms with Gasteiger partial charge in [-0.15, -0.1) is 13.2 Å². The molecule has 37 heavy (non-hydrogen) atoms. The molecule has 2 fully saturated rings. The van der Waals surface area contributed by atoms with Crippen molar-refractivity contribution < 1.29 is 22.3 Å². The molecule has 0 aliphatic heterocycles. The largest absolute Gasteiger partial charge is 0.573 e. The van der Waals surface area contributed by atoms with Crippen LogP contribution in [0, 0.1) is 29.5 Å². The van der Waals surface area contributed by atoms with Crippen molar-refractivity contribution in [3.05, 3.63) is 53.8 Å². The van der Waals surface area contributed by atoms with E-state index in [1.807, 2.05) is 6.07 Å². The average molecular weight is 519 g/mol. The van der Waals surface area contributed by atoms with Gasteiger partial charge in [0.2, 0.25) is 0 Å². The van der Waals surface area contributed by atoms with E-state index < -0.39 is 6.36 Å².